The van der Waals surface area contributed by atoms with E-state index >= 15 is 0 Å². The van der Waals surface area contributed by atoms with Gasteiger partial charge in [0.15, 0.2) is 0 Å². The van der Waals surface area contributed by atoms with Crippen molar-refractivity contribution in [2.45, 2.75) is 27.3 Å². The van der Waals surface area contributed by atoms with Crippen molar-refractivity contribution in [2.75, 3.05) is 26.3 Å². The van der Waals surface area contributed by atoms with Crippen LogP contribution >= 0.6 is 0 Å². The summed E-state index contributed by atoms with van der Waals surface area (Å²) in [5.41, 5.74) is 3.87. The Hall–Kier alpha value is -2.21. The van der Waals surface area contributed by atoms with Crippen LogP contribution in [-0.2, 0) is 16.1 Å². The van der Waals surface area contributed by atoms with Crippen molar-refractivity contribution in [3.8, 4) is 0 Å². The van der Waals surface area contributed by atoms with Crippen molar-refractivity contribution in [1.29, 1.82) is 0 Å². The normalized spacial score (nSPS) is 15.2. The molecule has 1 aliphatic rings. The van der Waals surface area contributed by atoms with Crippen molar-refractivity contribution in [1.82, 2.24) is 14.5 Å². The van der Waals surface area contributed by atoms with E-state index in [9.17, 15) is 9.59 Å². The molecule has 0 aliphatic carbocycles. The standard InChI is InChI=1S/C17H21N3O3/c1-11-8-14-15(9-12(11)2)20(17(22)13(3)18-14)10-16(21)19-4-6-23-7-5-19/h8-9H,4-7,10H2,1-3H3. The van der Waals surface area contributed by atoms with Crippen LogP contribution in [0.1, 0.15) is 16.8 Å². The van der Waals surface area contributed by atoms with Gasteiger partial charge in [0.2, 0.25) is 5.91 Å². The zero-order valence-corrected chi connectivity index (χ0v) is 13.8. The number of morpholine rings is 1. The van der Waals surface area contributed by atoms with E-state index in [0.717, 1.165) is 16.6 Å². The second-order valence-electron chi connectivity index (χ2n) is 6.01. The molecule has 0 bridgehead atoms. The number of hydrogen-bond acceptors (Lipinski definition) is 4. The highest BCUT2D eigenvalue weighted by atomic mass is 16.5. The molecule has 1 saturated heterocycles. The first-order valence-electron chi connectivity index (χ1n) is 7.81. The molecule has 6 nitrogen and oxygen atoms in total. The maximum atomic E-state index is 12.5. The van der Waals surface area contributed by atoms with E-state index in [0.29, 0.717) is 37.5 Å². The van der Waals surface area contributed by atoms with Crippen molar-refractivity contribution in [3.63, 3.8) is 0 Å². The van der Waals surface area contributed by atoms with E-state index < -0.39 is 0 Å². The largest absolute Gasteiger partial charge is 0.378 e. The third-order valence-electron chi connectivity index (χ3n) is 4.38. The summed E-state index contributed by atoms with van der Waals surface area (Å²) in [6.07, 6.45) is 0. The van der Waals surface area contributed by atoms with Crippen LogP contribution in [0.2, 0.25) is 0 Å². The number of ether oxygens (including phenoxy) is 1. The number of aromatic nitrogens is 2. The predicted octanol–water partition coefficient (Wildman–Crippen LogP) is 1.18. The van der Waals surface area contributed by atoms with Crippen molar-refractivity contribution in [2.24, 2.45) is 0 Å². The Balaban J connectivity index is 2.04. The number of nitrogens with zero attached hydrogens (tertiary/aromatic N) is 3. The lowest BCUT2D eigenvalue weighted by Gasteiger charge is -2.27. The third-order valence-corrected chi connectivity index (χ3v) is 4.38. The molecule has 0 spiro atoms. The Bertz CT molecular complexity index is 820. The van der Waals surface area contributed by atoms with Gasteiger partial charge in [0.05, 0.1) is 24.2 Å². The molecule has 1 amide bonds. The molecule has 0 radical (unpaired) electrons. The van der Waals surface area contributed by atoms with Gasteiger partial charge in [0, 0.05) is 13.1 Å². The molecule has 23 heavy (non-hydrogen) atoms. The highest BCUT2D eigenvalue weighted by Crippen LogP contribution is 2.17. The van der Waals surface area contributed by atoms with Crippen molar-refractivity contribution < 1.29 is 9.53 Å². The van der Waals surface area contributed by atoms with Crippen LogP contribution in [0.15, 0.2) is 16.9 Å². The van der Waals surface area contributed by atoms with Crippen molar-refractivity contribution in [3.05, 3.63) is 39.3 Å². The molecule has 0 unspecified atom stereocenters. The van der Waals surface area contributed by atoms with Gasteiger partial charge in [-0.3, -0.25) is 14.2 Å². The summed E-state index contributed by atoms with van der Waals surface area (Å²) in [4.78, 5) is 31.1. The number of hydrogen-bond donors (Lipinski definition) is 0. The molecule has 1 aliphatic heterocycles. The van der Waals surface area contributed by atoms with Crippen LogP contribution in [0.4, 0.5) is 0 Å². The summed E-state index contributed by atoms with van der Waals surface area (Å²) in [6.45, 7) is 7.99. The minimum absolute atomic E-state index is 0.0429. The highest BCUT2D eigenvalue weighted by Gasteiger charge is 2.19. The highest BCUT2D eigenvalue weighted by molar-refractivity contribution is 5.81. The Kier molecular flexibility index (Phi) is 4.17. The Morgan fingerprint density at radius 3 is 2.52 bits per heavy atom. The monoisotopic (exact) mass is 315 g/mol. The summed E-state index contributed by atoms with van der Waals surface area (Å²) < 4.78 is 6.81. The maximum Gasteiger partial charge on any atom is 0.272 e. The Morgan fingerprint density at radius 2 is 1.83 bits per heavy atom. The number of carbonyl (C=O) groups is 1. The molecule has 3 rings (SSSR count). The second-order valence-corrected chi connectivity index (χ2v) is 6.01. The van der Waals surface area contributed by atoms with E-state index in [2.05, 4.69) is 4.98 Å². The lowest BCUT2D eigenvalue weighted by Crippen LogP contribution is -2.43. The first-order valence-corrected chi connectivity index (χ1v) is 7.81. The second kappa shape index (κ2) is 6.12. The predicted molar refractivity (Wildman–Crippen MR) is 87.6 cm³/mol. The van der Waals surface area contributed by atoms with E-state index in [1.54, 1.807) is 16.4 Å². The lowest BCUT2D eigenvalue weighted by molar-refractivity contribution is -0.135. The Labute approximate surface area is 134 Å². The van der Waals surface area contributed by atoms with Crippen molar-refractivity contribution >= 4 is 16.9 Å². The molecule has 122 valence electrons. The van der Waals surface area contributed by atoms with Gasteiger partial charge in [0.25, 0.3) is 5.56 Å². The number of benzene rings is 1. The van der Waals surface area contributed by atoms with Gasteiger partial charge < -0.3 is 9.64 Å². The fourth-order valence-corrected chi connectivity index (χ4v) is 2.83. The molecule has 1 aromatic heterocycles. The summed E-state index contributed by atoms with van der Waals surface area (Å²) in [7, 11) is 0. The number of fused-ring (bicyclic) bond motifs is 1. The van der Waals surface area contributed by atoms with Gasteiger partial charge in [-0.05, 0) is 44.0 Å². The number of aryl methyl sites for hydroxylation is 3. The summed E-state index contributed by atoms with van der Waals surface area (Å²) in [6, 6.07) is 3.90. The minimum Gasteiger partial charge on any atom is -0.378 e. The number of amides is 1. The van der Waals surface area contributed by atoms with E-state index in [1.807, 2.05) is 26.0 Å². The van der Waals surface area contributed by atoms with Gasteiger partial charge in [-0.2, -0.15) is 0 Å². The summed E-state index contributed by atoms with van der Waals surface area (Å²) in [5, 5.41) is 0. The molecule has 2 heterocycles. The molecular formula is C17H21N3O3. The molecule has 0 N–H and O–H groups in total. The first kappa shape index (κ1) is 15.7. The smallest absolute Gasteiger partial charge is 0.272 e. The van der Waals surface area contributed by atoms with Crippen LogP contribution in [0.5, 0.6) is 0 Å². The van der Waals surface area contributed by atoms with Gasteiger partial charge in [-0.1, -0.05) is 0 Å². The molecule has 6 heteroatoms. The number of carbonyl (C=O) groups excluding carboxylic acids is 1. The SMILES string of the molecule is Cc1cc2nc(C)c(=O)n(CC(=O)N3CCOCC3)c2cc1C. The molecule has 2 aromatic rings. The third kappa shape index (κ3) is 2.99. The molecule has 0 atom stereocenters. The van der Waals surface area contributed by atoms with E-state index in [1.165, 1.54) is 0 Å². The average Bonchev–Trinajstić information content (AvgIpc) is 2.54. The average molecular weight is 315 g/mol. The first-order chi connectivity index (χ1) is 11.0. The Morgan fingerprint density at radius 1 is 1.17 bits per heavy atom. The topological polar surface area (TPSA) is 64.4 Å². The van der Waals surface area contributed by atoms with Gasteiger partial charge in [0.1, 0.15) is 12.2 Å². The number of rotatable bonds is 2. The quantitative estimate of drug-likeness (QED) is 0.835. The molecular weight excluding hydrogens is 294 g/mol. The van der Waals surface area contributed by atoms with Gasteiger partial charge in [-0.25, -0.2) is 4.98 Å². The van der Waals surface area contributed by atoms with Crippen LogP contribution in [0, 0.1) is 20.8 Å². The van der Waals surface area contributed by atoms with Gasteiger partial charge in [-0.15, -0.1) is 0 Å². The van der Waals surface area contributed by atoms with Crippen LogP contribution in [0.25, 0.3) is 11.0 Å². The zero-order chi connectivity index (χ0) is 16.6. The van der Waals surface area contributed by atoms with E-state index in [-0.39, 0.29) is 18.0 Å². The zero-order valence-electron chi connectivity index (χ0n) is 13.8. The van der Waals surface area contributed by atoms with Gasteiger partial charge >= 0.3 is 0 Å². The van der Waals surface area contributed by atoms with Crippen LogP contribution in [0.3, 0.4) is 0 Å². The molecule has 1 aromatic carbocycles. The van der Waals surface area contributed by atoms with Crippen LogP contribution < -0.4 is 5.56 Å². The van der Waals surface area contributed by atoms with Crippen LogP contribution in [-0.4, -0.2) is 46.7 Å². The van der Waals surface area contributed by atoms with E-state index in [4.69, 9.17) is 4.74 Å². The molecule has 1 fully saturated rings. The minimum atomic E-state index is -0.206. The lowest BCUT2D eigenvalue weighted by atomic mass is 10.1. The molecule has 0 saturated carbocycles. The summed E-state index contributed by atoms with van der Waals surface area (Å²) in [5.74, 6) is -0.0551. The fraction of sp³-hybridized carbons (Fsp3) is 0.471. The summed E-state index contributed by atoms with van der Waals surface area (Å²) >= 11 is 0. The fourth-order valence-electron chi connectivity index (χ4n) is 2.83. The maximum absolute atomic E-state index is 12.5.